The normalized spacial score (nSPS) is 16.8. The fraction of sp³-hybridized carbons (Fsp3) is 0.390. The quantitative estimate of drug-likeness (QED) is 0.141. The molecule has 5 aromatic rings. The largest absolute Gasteiger partial charge is 0.497 e. The standard InChI is InChI=1S/C41H43F3N6O6/c1-41(2,3)56-40(52)49-20-30-33(21-49)46-37(47-39(30)54-5)25-10-11-26-19-50(48-32(26)16-25)27-12-6-23(7-13-27)18-45-38(51)29-17-31(42)36(35(44)34(29)43)55-22-24-8-14-28(53-4)15-9-24/h8-11,14-17,19,23,27H,6-7,12-13,18,20-22H2,1-5H3,(H,45,51). The van der Waals surface area contributed by atoms with Crippen LogP contribution in [-0.2, 0) is 24.4 Å². The Bertz CT molecular complexity index is 2270. The van der Waals surface area contributed by atoms with Gasteiger partial charge in [0.1, 0.15) is 18.0 Å². The van der Waals surface area contributed by atoms with Gasteiger partial charge in [0.25, 0.3) is 5.91 Å². The van der Waals surface area contributed by atoms with E-state index in [1.165, 1.54) is 7.11 Å². The van der Waals surface area contributed by atoms with Crippen LogP contribution in [-0.4, -0.2) is 63.0 Å². The Morgan fingerprint density at radius 2 is 1.66 bits per heavy atom. The number of fused-ring (bicyclic) bond motifs is 2. The Morgan fingerprint density at radius 3 is 2.36 bits per heavy atom. The van der Waals surface area contributed by atoms with Crippen molar-refractivity contribution >= 4 is 22.9 Å². The third-order valence-electron chi connectivity index (χ3n) is 10.0. The van der Waals surface area contributed by atoms with Crippen molar-refractivity contribution in [1.82, 2.24) is 30.0 Å². The second-order valence-electron chi connectivity index (χ2n) is 15.1. The number of ether oxygens (including phenoxy) is 4. The van der Waals surface area contributed by atoms with Crippen LogP contribution in [0.3, 0.4) is 0 Å². The molecular formula is C41H43F3N6O6. The summed E-state index contributed by atoms with van der Waals surface area (Å²) in [6, 6.07) is 13.3. The number of amides is 2. The van der Waals surface area contributed by atoms with Crippen LogP contribution in [0.25, 0.3) is 22.3 Å². The number of carbonyl (C=O) groups is 2. The number of benzene rings is 3. The highest BCUT2D eigenvalue weighted by atomic mass is 19.2. The number of nitrogens with one attached hydrogen (secondary N) is 1. The molecule has 0 spiro atoms. The molecule has 1 fully saturated rings. The first kappa shape index (κ1) is 38.4. The third kappa shape index (κ3) is 8.21. The van der Waals surface area contributed by atoms with Gasteiger partial charge < -0.3 is 24.3 Å². The molecule has 0 bridgehead atoms. The molecule has 1 aliphatic heterocycles. The Balaban J connectivity index is 0.946. The van der Waals surface area contributed by atoms with E-state index in [-0.39, 0.29) is 31.7 Å². The van der Waals surface area contributed by atoms with E-state index in [2.05, 4.69) is 10.3 Å². The average molecular weight is 773 g/mol. The lowest BCUT2D eigenvalue weighted by Gasteiger charge is -2.28. The van der Waals surface area contributed by atoms with E-state index in [4.69, 9.17) is 29.0 Å². The lowest BCUT2D eigenvalue weighted by atomic mass is 9.86. The summed E-state index contributed by atoms with van der Waals surface area (Å²) >= 11 is 0. The van der Waals surface area contributed by atoms with Gasteiger partial charge in [-0.25, -0.2) is 18.6 Å². The SMILES string of the molecule is COc1ccc(COc2c(F)cc(C(=O)NCC3CCC(n4cc5ccc(-c6nc7c(c(OC)n6)CN(C(=O)OC(C)(C)C)C7)cc5n4)CC3)c(F)c2F)cc1. The van der Waals surface area contributed by atoms with Crippen LogP contribution >= 0.6 is 0 Å². The molecule has 2 aromatic heterocycles. The molecule has 2 amide bonds. The highest BCUT2D eigenvalue weighted by molar-refractivity contribution is 5.94. The van der Waals surface area contributed by atoms with Crippen molar-refractivity contribution < 1.29 is 41.7 Å². The van der Waals surface area contributed by atoms with Crippen LogP contribution in [0.4, 0.5) is 18.0 Å². The minimum atomic E-state index is -1.56. The maximum atomic E-state index is 15.0. The number of aromatic nitrogens is 4. The molecule has 2 aliphatic rings. The van der Waals surface area contributed by atoms with Crippen molar-refractivity contribution in [2.24, 2.45) is 5.92 Å². The molecule has 1 saturated carbocycles. The lowest BCUT2D eigenvalue weighted by Crippen LogP contribution is -2.33. The second kappa shape index (κ2) is 15.7. The van der Waals surface area contributed by atoms with Gasteiger partial charge in [-0.1, -0.05) is 24.3 Å². The molecule has 1 aliphatic carbocycles. The summed E-state index contributed by atoms with van der Waals surface area (Å²) in [5, 5.41) is 8.49. The molecule has 3 heterocycles. The first-order valence-electron chi connectivity index (χ1n) is 18.4. The van der Waals surface area contributed by atoms with Crippen LogP contribution in [0.15, 0.2) is 54.7 Å². The molecule has 0 atom stereocenters. The predicted octanol–water partition coefficient (Wildman–Crippen LogP) is 7.92. The first-order valence-corrected chi connectivity index (χ1v) is 18.4. The highest BCUT2D eigenvalue weighted by Gasteiger charge is 2.32. The summed E-state index contributed by atoms with van der Waals surface area (Å²) in [6.45, 7) is 6.06. The fourth-order valence-corrected chi connectivity index (χ4v) is 7.04. The molecule has 0 radical (unpaired) electrons. The van der Waals surface area contributed by atoms with E-state index >= 15 is 0 Å². The molecule has 0 saturated heterocycles. The smallest absolute Gasteiger partial charge is 0.410 e. The van der Waals surface area contributed by atoms with Crippen LogP contribution < -0.4 is 19.5 Å². The average Bonchev–Trinajstić information content (AvgIpc) is 3.82. The third-order valence-corrected chi connectivity index (χ3v) is 10.0. The Labute approximate surface area is 321 Å². The monoisotopic (exact) mass is 772 g/mol. The Hall–Kier alpha value is -5.86. The minimum Gasteiger partial charge on any atom is -0.497 e. The molecule has 7 rings (SSSR count). The molecule has 12 nitrogen and oxygen atoms in total. The number of rotatable bonds is 10. The number of carbonyl (C=O) groups excluding carboxylic acids is 2. The van der Waals surface area contributed by atoms with Crippen LogP contribution in [0, 0.1) is 23.4 Å². The van der Waals surface area contributed by atoms with E-state index in [1.807, 2.05) is 49.8 Å². The zero-order valence-electron chi connectivity index (χ0n) is 31.8. The number of hydrogen-bond donors (Lipinski definition) is 1. The van der Waals surface area contributed by atoms with Gasteiger partial charge in [0, 0.05) is 23.7 Å². The first-order chi connectivity index (χ1) is 26.8. The number of halogens is 3. The summed E-state index contributed by atoms with van der Waals surface area (Å²) in [5.41, 5.74) is 2.22. The van der Waals surface area contributed by atoms with Crippen molar-refractivity contribution in [2.75, 3.05) is 20.8 Å². The predicted molar refractivity (Wildman–Crippen MR) is 200 cm³/mol. The molecular weight excluding hydrogens is 729 g/mol. The zero-order valence-corrected chi connectivity index (χ0v) is 31.8. The van der Waals surface area contributed by atoms with E-state index in [0.29, 0.717) is 41.3 Å². The summed E-state index contributed by atoms with van der Waals surface area (Å²) < 4.78 is 68.1. The van der Waals surface area contributed by atoms with Crippen molar-refractivity contribution in [3.05, 3.63) is 94.6 Å². The van der Waals surface area contributed by atoms with Gasteiger partial charge >= 0.3 is 6.09 Å². The fourth-order valence-electron chi connectivity index (χ4n) is 7.04. The van der Waals surface area contributed by atoms with Gasteiger partial charge in [-0.15, -0.1) is 0 Å². The number of nitrogens with zero attached hydrogens (tertiary/aromatic N) is 5. The van der Waals surface area contributed by atoms with Gasteiger partial charge in [-0.3, -0.25) is 14.4 Å². The Morgan fingerprint density at radius 1 is 0.911 bits per heavy atom. The lowest BCUT2D eigenvalue weighted by molar-refractivity contribution is 0.0240. The highest BCUT2D eigenvalue weighted by Crippen LogP contribution is 2.35. The van der Waals surface area contributed by atoms with E-state index in [1.54, 1.807) is 36.3 Å². The van der Waals surface area contributed by atoms with Gasteiger partial charge in [0.2, 0.25) is 11.7 Å². The van der Waals surface area contributed by atoms with Crippen LogP contribution in [0.5, 0.6) is 17.4 Å². The zero-order chi connectivity index (χ0) is 39.7. The van der Waals surface area contributed by atoms with E-state index < -0.39 is 46.4 Å². The summed E-state index contributed by atoms with van der Waals surface area (Å²) in [6.07, 6.45) is 4.68. The molecule has 1 N–H and O–H groups in total. The molecule has 0 unspecified atom stereocenters. The van der Waals surface area contributed by atoms with E-state index in [9.17, 15) is 22.8 Å². The second-order valence-corrected chi connectivity index (χ2v) is 15.1. The maximum absolute atomic E-state index is 15.0. The Kier molecular flexibility index (Phi) is 10.8. The van der Waals surface area contributed by atoms with Crippen molar-refractivity contribution in [2.45, 2.75) is 77.8 Å². The number of hydrogen-bond acceptors (Lipinski definition) is 9. The van der Waals surface area contributed by atoms with Gasteiger partial charge in [-0.2, -0.15) is 14.5 Å². The minimum absolute atomic E-state index is 0.0924. The maximum Gasteiger partial charge on any atom is 0.410 e. The molecule has 56 heavy (non-hydrogen) atoms. The van der Waals surface area contributed by atoms with Crippen molar-refractivity contribution in [1.29, 1.82) is 0 Å². The van der Waals surface area contributed by atoms with Gasteiger partial charge in [0.15, 0.2) is 23.2 Å². The molecule has 294 valence electrons. The summed E-state index contributed by atoms with van der Waals surface area (Å²) in [5.74, 6) is -4.43. The van der Waals surface area contributed by atoms with Crippen LogP contribution in [0.1, 0.15) is 79.7 Å². The summed E-state index contributed by atoms with van der Waals surface area (Å²) in [4.78, 5) is 36.6. The van der Waals surface area contributed by atoms with Gasteiger partial charge in [-0.05, 0) is 82.2 Å². The summed E-state index contributed by atoms with van der Waals surface area (Å²) in [7, 11) is 3.05. The van der Waals surface area contributed by atoms with Crippen LogP contribution in [0.2, 0.25) is 0 Å². The van der Waals surface area contributed by atoms with Crippen molar-refractivity contribution in [3.63, 3.8) is 0 Å². The van der Waals surface area contributed by atoms with Crippen molar-refractivity contribution in [3.8, 4) is 28.8 Å². The van der Waals surface area contributed by atoms with Gasteiger partial charge in [0.05, 0.1) is 55.7 Å². The number of methoxy groups -OCH3 is 2. The topological polar surface area (TPSA) is 130 Å². The molecule has 15 heteroatoms. The molecule has 3 aromatic carbocycles. The van der Waals surface area contributed by atoms with E-state index in [0.717, 1.165) is 47.7 Å².